The van der Waals surface area contributed by atoms with Crippen LogP contribution in [0.5, 0.6) is 5.75 Å². The van der Waals surface area contributed by atoms with Gasteiger partial charge in [-0.2, -0.15) is 0 Å². The van der Waals surface area contributed by atoms with E-state index >= 15 is 0 Å². The Morgan fingerprint density at radius 1 is 1.19 bits per heavy atom. The number of hydrogen-bond donors (Lipinski definition) is 1. The number of anilines is 1. The molecule has 0 unspecified atom stereocenters. The van der Waals surface area contributed by atoms with Gasteiger partial charge in [0.05, 0.1) is 12.8 Å². The molecule has 0 aromatic heterocycles. The van der Waals surface area contributed by atoms with E-state index in [1.165, 1.54) is 13.2 Å². The lowest BCUT2D eigenvalue weighted by Crippen LogP contribution is -2.14. The Kier molecular flexibility index (Phi) is 4.81. The minimum absolute atomic E-state index is 0.0519. The SMILES string of the molecule is COc1ccc(Br)cc1S(=O)(=O)Nc1ccc(C)c(Cl)c1. The monoisotopic (exact) mass is 389 g/mol. The molecule has 0 saturated carbocycles. The highest BCUT2D eigenvalue weighted by Crippen LogP contribution is 2.29. The summed E-state index contributed by atoms with van der Waals surface area (Å²) in [6.45, 7) is 1.85. The second kappa shape index (κ2) is 6.25. The van der Waals surface area contributed by atoms with Gasteiger partial charge in [0, 0.05) is 9.50 Å². The third-order valence-corrected chi connectivity index (χ3v) is 5.14. The van der Waals surface area contributed by atoms with Crippen LogP contribution in [0.25, 0.3) is 0 Å². The summed E-state index contributed by atoms with van der Waals surface area (Å²) in [5.41, 5.74) is 1.27. The molecule has 0 fully saturated rings. The molecule has 0 saturated heterocycles. The number of sulfonamides is 1. The fraction of sp³-hybridized carbons (Fsp3) is 0.143. The van der Waals surface area contributed by atoms with Gasteiger partial charge in [0.1, 0.15) is 10.6 Å². The lowest BCUT2D eigenvalue weighted by molar-refractivity contribution is 0.403. The summed E-state index contributed by atoms with van der Waals surface area (Å²) in [7, 11) is -2.35. The maximum Gasteiger partial charge on any atom is 0.265 e. The van der Waals surface area contributed by atoms with Crippen molar-refractivity contribution in [3.8, 4) is 5.75 Å². The topological polar surface area (TPSA) is 55.4 Å². The number of nitrogens with one attached hydrogen (secondary N) is 1. The number of rotatable bonds is 4. The first-order valence-corrected chi connectivity index (χ1v) is 8.61. The van der Waals surface area contributed by atoms with Crippen LogP contribution in [0.2, 0.25) is 5.02 Å². The van der Waals surface area contributed by atoms with E-state index in [9.17, 15) is 8.42 Å². The van der Waals surface area contributed by atoms with Gasteiger partial charge in [0.15, 0.2) is 0 Å². The molecule has 0 amide bonds. The Bertz CT molecular complexity index is 778. The molecular weight excluding hydrogens is 378 g/mol. The predicted octanol–water partition coefficient (Wildman–Crippen LogP) is 4.22. The lowest BCUT2D eigenvalue weighted by atomic mass is 10.2. The van der Waals surface area contributed by atoms with E-state index in [4.69, 9.17) is 16.3 Å². The molecule has 7 heteroatoms. The minimum Gasteiger partial charge on any atom is -0.495 e. The second-order valence-electron chi connectivity index (χ2n) is 4.36. The van der Waals surface area contributed by atoms with E-state index in [1.54, 1.807) is 30.3 Å². The molecule has 0 radical (unpaired) electrons. The Labute approximate surface area is 137 Å². The smallest absolute Gasteiger partial charge is 0.265 e. The van der Waals surface area contributed by atoms with Crippen molar-refractivity contribution in [2.24, 2.45) is 0 Å². The average molecular weight is 391 g/mol. The molecule has 2 rings (SSSR count). The zero-order chi connectivity index (χ0) is 15.6. The Morgan fingerprint density at radius 2 is 1.90 bits per heavy atom. The van der Waals surface area contributed by atoms with Crippen molar-refractivity contribution in [1.82, 2.24) is 0 Å². The highest BCUT2D eigenvalue weighted by molar-refractivity contribution is 9.10. The summed E-state index contributed by atoms with van der Waals surface area (Å²) in [5, 5.41) is 0.497. The van der Waals surface area contributed by atoms with Crippen molar-refractivity contribution in [2.45, 2.75) is 11.8 Å². The maximum atomic E-state index is 12.5. The van der Waals surface area contributed by atoms with Crippen LogP contribution >= 0.6 is 27.5 Å². The molecule has 2 aromatic carbocycles. The third kappa shape index (κ3) is 3.70. The van der Waals surface area contributed by atoms with Gasteiger partial charge in [-0.15, -0.1) is 0 Å². The zero-order valence-corrected chi connectivity index (χ0v) is 14.5. The van der Waals surface area contributed by atoms with Crippen molar-refractivity contribution in [2.75, 3.05) is 11.8 Å². The van der Waals surface area contributed by atoms with Crippen LogP contribution in [0.4, 0.5) is 5.69 Å². The number of benzene rings is 2. The van der Waals surface area contributed by atoms with Gasteiger partial charge in [-0.25, -0.2) is 8.42 Å². The van der Waals surface area contributed by atoms with Crippen molar-refractivity contribution in [3.63, 3.8) is 0 Å². The first-order chi connectivity index (χ1) is 9.83. The number of halogens is 2. The number of methoxy groups -OCH3 is 1. The second-order valence-corrected chi connectivity index (χ2v) is 7.34. The van der Waals surface area contributed by atoms with Gasteiger partial charge in [0.25, 0.3) is 10.0 Å². The van der Waals surface area contributed by atoms with Gasteiger partial charge in [-0.1, -0.05) is 33.6 Å². The number of ether oxygens (including phenoxy) is 1. The highest BCUT2D eigenvalue weighted by atomic mass is 79.9. The minimum atomic E-state index is -3.77. The van der Waals surface area contributed by atoms with Crippen LogP contribution in [-0.4, -0.2) is 15.5 Å². The van der Waals surface area contributed by atoms with E-state index in [2.05, 4.69) is 20.7 Å². The fourth-order valence-corrected chi connectivity index (χ4v) is 3.67. The molecule has 0 aliphatic carbocycles. The molecule has 0 spiro atoms. The molecule has 112 valence electrons. The van der Waals surface area contributed by atoms with E-state index in [-0.39, 0.29) is 10.6 Å². The lowest BCUT2D eigenvalue weighted by Gasteiger charge is -2.12. The molecule has 2 aromatic rings. The highest BCUT2D eigenvalue weighted by Gasteiger charge is 2.20. The van der Waals surface area contributed by atoms with Crippen LogP contribution in [-0.2, 0) is 10.0 Å². The van der Waals surface area contributed by atoms with E-state index in [0.29, 0.717) is 15.2 Å². The molecule has 0 aliphatic heterocycles. The number of aryl methyl sites for hydroxylation is 1. The van der Waals surface area contributed by atoms with Gasteiger partial charge in [0.2, 0.25) is 0 Å². The van der Waals surface area contributed by atoms with Gasteiger partial charge in [-0.3, -0.25) is 4.72 Å². The van der Waals surface area contributed by atoms with Crippen molar-refractivity contribution in [3.05, 3.63) is 51.5 Å². The first kappa shape index (κ1) is 16.1. The van der Waals surface area contributed by atoms with Gasteiger partial charge < -0.3 is 4.74 Å². The molecule has 0 atom stereocenters. The molecule has 1 N–H and O–H groups in total. The van der Waals surface area contributed by atoms with Crippen molar-refractivity contribution in [1.29, 1.82) is 0 Å². The average Bonchev–Trinajstić information content (AvgIpc) is 2.42. The van der Waals surface area contributed by atoms with Crippen molar-refractivity contribution < 1.29 is 13.2 Å². The molecule has 21 heavy (non-hydrogen) atoms. The third-order valence-electron chi connectivity index (χ3n) is 2.84. The van der Waals surface area contributed by atoms with Gasteiger partial charge in [-0.05, 0) is 42.8 Å². The summed E-state index contributed by atoms with van der Waals surface area (Å²) in [4.78, 5) is 0.0519. The largest absolute Gasteiger partial charge is 0.495 e. The molecule has 0 heterocycles. The summed E-state index contributed by atoms with van der Waals surface area (Å²) in [5.74, 6) is 0.268. The molecular formula is C14H13BrClNO3S. The summed E-state index contributed by atoms with van der Waals surface area (Å²) in [6.07, 6.45) is 0. The Hall–Kier alpha value is -1.24. The van der Waals surface area contributed by atoms with E-state index in [0.717, 1.165) is 5.56 Å². The molecule has 0 aliphatic rings. The van der Waals surface area contributed by atoms with Crippen LogP contribution in [0.1, 0.15) is 5.56 Å². The summed E-state index contributed by atoms with van der Waals surface area (Å²) < 4.78 is 33.2. The van der Waals surface area contributed by atoms with Crippen LogP contribution in [0.15, 0.2) is 45.8 Å². The summed E-state index contributed by atoms with van der Waals surface area (Å²) in [6, 6.07) is 9.75. The van der Waals surface area contributed by atoms with Crippen LogP contribution in [0, 0.1) is 6.92 Å². The van der Waals surface area contributed by atoms with Crippen molar-refractivity contribution >= 4 is 43.2 Å². The van der Waals surface area contributed by atoms with E-state index < -0.39 is 10.0 Å². The number of hydrogen-bond acceptors (Lipinski definition) is 3. The maximum absolute atomic E-state index is 12.5. The molecule has 0 bridgehead atoms. The zero-order valence-electron chi connectivity index (χ0n) is 11.4. The Morgan fingerprint density at radius 3 is 2.52 bits per heavy atom. The fourth-order valence-electron chi connectivity index (χ4n) is 1.73. The summed E-state index contributed by atoms with van der Waals surface area (Å²) >= 11 is 9.26. The van der Waals surface area contributed by atoms with Gasteiger partial charge >= 0.3 is 0 Å². The van der Waals surface area contributed by atoms with E-state index in [1.807, 2.05) is 6.92 Å². The molecule has 4 nitrogen and oxygen atoms in total. The normalized spacial score (nSPS) is 11.2. The first-order valence-electron chi connectivity index (χ1n) is 5.96. The van der Waals surface area contributed by atoms with Crippen LogP contribution < -0.4 is 9.46 Å². The predicted molar refractivity (Wildman–Crippen MR) is 87.7 cm³/mol. The Balaban J connectivity index is 2.42. The standard InChI is InChI=1S/C14H13BrClNO3S/c1-9-3-5-11(8-12(9)16)17-21(18,19)14-7-10(15)4-6-13(14)20-2/h3-8,17H,1-2H3. The quantitative estimate of drug-likeness (QED) is 0.850. The van der Waals surface area contributed by atoms with Crippen LogP contribution in [0.3, 0.4) is 0 Å².